The van der Waals surface area contributed by atoms with Crippen LogP contribution in [0, 0.1) is 6.92 Å². The molecule has 0 saturated heterocycles. The summed E-state index contributed by atoms with van der Waals surface area (Å²) >= 11 is 1.58. The minimum absolute atomic E-state index is 0.0878. The van der Waals surface area contributed by atoms with Crippen LogP contribution >= 0.6 is 11.3 Å². The number of ketones is 1. The Balaban J connectivity index is 1.42. The van der Waals surface area contributed by atoms with Crippen LogP contribution in [0.4, 0.5) is 5.69 Å². The molecule has 0 spiro atoms. The molecule has 0 bridgehead atoms. The largest absolute Gasteiger partial charge is 0.487 e. The molecule has 0 fully saturated rings. The third-order valence-corrected chi connectivity index (χ3v) is 5.31. The van der Waals surface area contributed by atoms with Crippen LogP contribution in [0.3, 0.4) is 0 Å². The van der Waals surface area contributed by atoms with E-state index < -0.39 is 0 Å². The van der Waals surface area contributed by atoms with Gasteiger partial charge in [0.25, 0.3) is 0 Å². The van der Waals surface area contributed by atoms with Crippen molar-refractivity contribution in [2.45, 2.75) is 20.5 Å². The van der Waals surface area contributed by atoms with Gasteiger partial charge in [-0.15, -0.1) is 11.3 Å². The Bertz CT molecular complexity index is 1170. The molecule has 0 atom stereocenters. The Morgan fingerprint density at radius 2 is 2.03 bits per heavy atom. The number of aryl methyl sites for hydroxylation is 1. The number of thiazole rings is 1. The van der Waals surface area contributed by atoms with Crippen LogP contribution in [0.15, 0.2) is 47.9 Å². The van der Waals surface area contributed by atoms with E-state index in [0.29, 0.717) is 35.1 Å². The van der Waals surface area contributed by atoms with Crippen molar-refractivity contribution >= 4 is 34.8 Å². The van der Waals surface area contributed by atoms with E-state index in [0.717, 1.165) is 16.3 Å². The summed E-state index contributed by atoms with van der Waals surface area (Å²) in [7, 11) is 0. The third-order valence-electron chi connectivity index (χ3n) is 4.49. The van der Waals surface area contributed by atoms with Crippen molar-refractivity contribution < 1.29 is 23.8 Å². The Morgan fingerprint density at radius 3 is 2.77 bits per heavy atom. The summed E-state index contributed by atoms with van der Waals surface area (Å²) in [6.45, 7) is 3.86. The predicted octanol–water partition coefficient (Wildman–Crippen LogP) is 4.61. The van der Waals surface area contributed by atoms with Crippen LogP contribution < -0.4 is 19.5 Å². The number of hydrogen-bond donors (Lipinski definition) is 1. The van der Waals surface area contributed by atoms with E-state index in [2.05, 4.69) is 10.3 Å². The normalized spacial score (nSPS) is 12.2. The van der Waals surface area contributed by atoms with Crippen molar-refractivity contribution in [2.24, 2.45) is 0 Å². The van der Waals surface area contributed by atoms with Crippen LogP contribution in [0.2, 0.25) is 0 Å². The second-order valence-electron chi connectivity index (χ2n) is 6.85. The van der Waals surface area contributed by atoms with E-state index in [1.54, 1.807) is 29.5 Å². The summed E-state index contributed by atoms with van der Waals surface area (Å²) in [4.78, 5) is 28.8. The lowest BCUT2D eigenvalue weighted by Crippen LogP contribution is -2.11. The molecule has 0 aliphatic carbocycles. The van der Waals surface area contributed by atoms with Gasteiger partial charge in [0.2, 0.25) is 12.7 Å². The molecule has 158 valence electrons. The van der Waals surface area contributed by atoms with Crippen LogP contribution in [-0.2, 0) is 11.4 Å². The molecule has 0 radical (unpaired) electrons. The highest BCUT2D eigenvalue weighted by molar-refractivity contribution is 7.09. The van der Waals surface area contributed by atoms with Gasteiger partial charge in [0, 0.05) is 23.1 Å². The Labute approximate surface area is 183 Å². The number of amides is 1. The molecule has 1 aliphatic rings. The summed E-state index contributed by atoms with van der Waals surface area (Å²) in [6.07, 6.45) is 3.08. The molecular weight excluding hydrogens is 416 g/mol. The number of nitrogens with one attached hydrogen (secondary N) is 1. The fourth-order valence-corrected chi connectivity index (χ4v) is 3.62. The lowest BCUT2D eigenvalue weighted by Gasteiger charge is -2.09. The van der Waals surface area contributed by atoms with Crippen molar-refractivity contribution in [3.63, 3.8) is 0 Å². The van der Waals surface area contributed by atoms with E-state index in [1.165, 1.54) is 13.0 Å². The summed E-state index contributed by atoms with van der Waals surface area (Å²) in [5, 5.41) is 5.70. The Hall–Kier alpha value is -3.65. The number of nitrogens with zero attached hydrogens (tertiary/aromatic N) is 1. The topological polar surface area (TPSA) is 86.8 Å². The maximum Gasteiger partial charge on any atom is 0.248 e. The van der Waals surface area contributed by atoms with Crippen LogP contribution in [-0.4, -0.2) is 23.5 Å². The molecular formula is C23H20N2O5S. The third kappa shape index (κ3) is 5.10. The van der Waals surface area contributed by atoms with Gasteiger partial charge in [0.15, 0.2) is 17.3 Å². The number of aromatic nitrogens is 1. The molecule has 1 aromatic heterocycles. The number of carbonyl (C=O) groups is 2. The Kier molecular flexibility index (Phi) is 5.99. The first-order chi connectivity index (χ1) is 15.0. The molecule has 0 saturated carbocycles. The zero-order valence-electron chi connectivity index (χ0n) is 17.0. The average molecular weight is 436 g/mol. The quantitative estimate of drug-likeness (QED) is 0.430. The van der Waals surface area contributed by atoms with Crippen LogP contribution in [0.5, 0.6) is 17.2 Å². The number of ether oxygens (including phenoxy) is 3. The smallest absolute Gasteiger partial charge is 0.248 e. The number of benzene rings is 2. The number of hydrogen-bond acceptors (Lipinski definition) is 7. The zero-order valence-corrected chi connectivity index (χ0v) is 17.8. The highest BCUT2D eigenvalue weighted by Crippen LogP contribution is 2.37. The fourth-order valence-electron chi connectivity index (χ4n) is 3.02. The van der Waals surface area contributed by atoms with Gasteiger partial charge in [0.1, 0.15) is 12.4 Å². The number of fused-ring (bicyclic) bond motifs is 1. The van der Waals surface area contributed by atoms with E-state index in [9.17, 15) is 9.59 Å². The predicted molar refractivity (Wildman–Crippen MR) is 118 cm³/mol. The standard InChI is InChI=1S/C23H20N2O5S/c1-14(26)19-9-21-22(30-13-29-21)10-20(19)25-23(27)7-6-16-4-3-5-18(8-16)28-11-17-12-31-15(2)24-17/h3-10,12H,11,13H2,1-2H3,(H,25,27)/b7-6+. The van der Waals surface area contributed by atoms with Gasteiger partial charge in [-0.3, -0.25) is 9.59 Å². The lowest BCUT2D eigenvalue weighted by molar-refractivity contribution is -0.111. The lowest BCUT2D eigenvalue weighted by atomic mass is 10.1. The number of carbonyl (C=O) groups excluding carboxylic acids is 2. The average Bonchev–Trinajstić information content (AvgIpc) is 3.38. The second-order valence-corrected chi connectivity index (χ2v) is 7.91. The molecule has 1 N–H and O–H groups in total. The highest BCUT2D eigenvalue weighted by atomic mass is 32.1. The van der Waals surface area contributed by atoms with E-state index in [4.69, 9.17) is 14.2 Å². The summed E-state index contributed by atoms with van der Waals surface area (Å²) < 4.78 is 16.4. The minimum Gasteiger partial charge on any atom is -0.487 e. The SMILES string of the molecule is CC(=O)c1cc2c(cc1NC(=O)/C=C/c1cccc(OCc3csc(C)n3)c1)OCO2. The molecule has 1 aliphatic heterocycles. The van der Waals surface area contributed by atoms with Gasteiger partial charge in [-0.25, -0.2) is 4.98 Å². The van der Waals surface area contributed by atoms with Crippen molar-refractivity contribution in [3.8, 4) is 17.2 Å². The molecule has 4 rings (SSSR count). The molecule has 1 amide bonds. The second kappa shape index (κ2) is 9.01. The molecule has 8 heteroatoms. The van der Waals surface area contributed by atoms with Crippen molar-refractivity contribution in [1.82, 2.24) is 4.98 Å². The van der Waals surface area contributed by atoms with Crippen molar-refractivity contribution in [1.29, 1.82) is 0 Å². The highest BCUT2D eigenvalue weighted by Gasteiger charge is 2.20. The molecule has 31 heavy (non-hydrogen) atoms. The van der Waals surface area contributed by atoms with Crippen molar-refractivity contribution in [2.75, 3.05) is 12.1 Å². The molecule has 2 aromatic carbocycles. The summed E-state index contributed by atoms with van der Waals surface area (Å²) in [5.74, 6) is 1.11. The maximum atomic E-state index is 12.4. The minimum atomic E-state index is -0.370. The van der Waals surface area contributed by atoms with Crippen LogP contribution in [0.25, 0.3) is 6.08 Å². The van der Waals surface area contributed by atoms with Gasteiger partial charge in [-0.2, -0.15) is 0 Å². The Morgan fingerprint density at radius 1 is 1.23 bits per heavy atom. The summed E-state index contributed by atoms with van der Waals surface area (Å²) in [5.41, 5.74) is 2.42. The maximum absolute atomic E-state index is 12.4. The first-order valence-electron chi connectivity index (χ1n) is 9.55. The van der Waals surface area contributed by atoms with E-state index in [1.807, 2.05) is 36.6 Å². The number of rotatable bonds is 7. The first-order valence-corrected chi connectivity index (χ1v) is 10.4. The van der Waals surface area contributed by atoms with E-state index >= 15 is 0 Å². The summed E-state index contributed by atoms with van der Waals surface area (Å²) in [6, 6.07) is 10.6. The van der Waals surface area contributed by atoms with Crippen molar-refractivity contribution in [3.05, 3.63) is 69.7 Å². The fraction of sp³-hybridized carbons (Fsp3) is 0.174. The van der Waals surface area contributed by atoms with Crippen LogP contribution in [0.1, 0.15) is 33.5 Å². The van der Waals surface area contributed by atoms with Gasteiger partial charge in [0.05, 0.1) is 16.4 Å². The van der Waals surface area contributed by atoms with Gasteiger partial charge >= 0.3 is 0 Å². The molecule has 2 heterocycles. The zero-order chi connectivity index (χ0) is 21.8. The first kappa shape index (κ1) is 20.6. The molecule has 0 unspecified atom stereocenters. The van der Waals surface area contributed by atoms with Gasteiger partial charge < -0.3 is 19.5 Å². The molecule has 3 aromatic rings. The monoisotopic (exact) mass is 436 g/mol. The molecule has 7 nitrogen and oxygen atoms in total. The van der Waals surface area contributed by atoms with Gasteiger partial charge in [-0.1, -0.05) is 12.1 Å². The number of Topliss-reactive ketones (excluding diaryl/α,β-unsaturated/α-hetero) is 1. The number of anilines is 1. The van der Waals surface area contributed by atoms with E-state index in [-0.39, 0.29) is 18.5 Å². The van der Waals surface area contributed by atoms with Gasteiger partial charge in [-0.05, 0) is 43.7 Å².